The van der Waals surface area contributed by atoms with Crippen LogP contribution in [0.1, 0.15) is 51.3 Å². The molecule has 0 saturated heterocycles. The van der Waals surface area contributed by atoms with Crippen LogP contribution in [0.15, 0.2) is 42.6 Å². The minimum absolute atomic E-state index is 0.384. The quantitative estimate of drug-likeness (QED) is 0.732. The smallest absolute Gasteiger partial charge is 0.0649 e. The molecule has 20 heavy (non-hydrogen) atoms. The van der Waals surface area contributed by atoms with Crippen molar-refractivity contribution in [3.8, 4) is 5.69 Å². The van der Waals surface area contributed by atoms with Crippen molar-refractivity contribution in [3.05, 3.63) is 48.3 Å². The summed E-state index contributed by atoms with van der Waals surface area (Å²) >= 11 is 0. The van der Waals surface area contributed by atoms with E-state index in [1.165, 1.54) is 31.4 Å². The van der Waals surface area contributed by atoms with Gasteiger partial charge in [0.15, 0.2) is 0 Å². The number of nitrogens with zero attached hydrogens (tertiary/aromatic N) is 2. The summed E-state index contributed by atoms with van der Waals surface area (Å²) in [6.07, 6.45) is 6.87. The van der Waals surface area contributed by atoms with Crippen LogP contribution in [0, 0.1) is 0 Å². The molecule has 0 fully saturated rings. The van der Waals surface area contributed by atoms with Crippen LogP contribution in [0.4, 0.5) is 0 Å². The van der Waals surface area contributed by atoms with E-state index in [0.717, 1.165) is 12.2 Å². The van der Waals surface area contributed by atoms with Crippen molar-refractivity contribution in [2.75, 3.05) is 6.54 Å². The second kappa shape index (κ2) is 7.85. The molecule has 1 atom stereocenters. The van der Waals surface area contributed by atoms with Gasteiger partial charge in [0.25, 0.3) is 0 Å². The summed E-state index contributed by atoms with van der Waals surface area (Å²) in [5.41, 5.74) is 2.39. The van der Waals surface area contributed by atoms with Crippen LogP contribution in [0.2, 0.25) is 0 Å². The van der Waals surface area contributed by atoms with Crippen molar-refractivity contribution in [2.45, 2.75) is 45.6 Å². The Kier molecular flexibility index (Phi) is 5.81. The summed E-state index contributed by atoms with van der Waals surface area (Å²) in [5, 5.41) is 8.09. The first-order valence-corrected chi connectivity index (χ1v) is 7.69. The highest BCUT2D eigenvalue weighted by atomic mass is 15.3. The Hall–Kier alpha value is -1.61. The molecule has 0 saturated carbocycles. The fraction of sp³-hybridized carbons (Fsp3) is 0.471. The predicted molar refractivity (Wildman–Crippen MR) is 84.1 cm³/mol. The molecular formula is C17H25N3. The lowest BCUT2D eigenvalue weighted by Gasteiger charge is -2.19. The number of nitrogens with one attached hydrogen (secondary N) is 1. The fourth-order valence-corrected chi connectivity index (χ4v) is 2.56. The SMILES string of the molecule is CCCCCC(NCC)c1ccnn1-c1ccccc1. The second-order valence-corrected chi connectivity index (χ2v) is 5.11. The zero-order valence-electron chi connectivity index (χ0n) is 12.5. The van der Waals surface area contributed by atoms with E-state index in [2.05, 4.69) is 59.3 Å². The molecule has 3 heteroatoms. The molecule has 0 amide bonds. The van der Waals surface area contributed by atoms with Crippen LogP contribution in [0.25, 0.3) is 5.69 Å². The van der Waals surface area contributed by atoms with Gasteiger partial charge in [-0.3, -0.25) is 0 Å². The van der Waals surface area contributed by atoms with Gasteiger partial charge in [-0.15, -0.1) is 0 Å². The highest BCUT2D eigenvalue weighted by Gasteiger charge is 2.15. The van der Waals surface area contributed by atoms with Crippen LogP contribution in [0.3, 0.4) is 0 Å². The second-order valence-electron chi connectivity index (χ2n) is 5.11. The molecule has 1 unspecified atom stereocenters. The number of aromatic nitrogens is 2. The molecule has 3 nitrogen and oxygen atoms in total. The molecule has 1 aromatic carbocycles. The van der Waals surface area contributed by atoms with Crippen molar-refractivity contribution in [3.63, 3.8) is 0 Å². The lowest BCUT2D eigenvalue weighted by molar-refractivity contribution is 0.467. The molecule has 0 radical (unpaired) electrons. The number of hydrogen-bond donors (Lipinski definition) is 1. The van der Waals surface area contributed by atoms with Gasteiger partial charge in [-0.2, -0.15) is 5.10 Å². The summed E-state index contributed by atoms with van der Waals surface area (Å²) in [7, 11) is 0. The lowest BCUT2D eigenvalue weighted by atomic mass is 10.1. The third-order valence-corrected chi connectivity index (χ3v) is 3.58. The Bertz CT molecular complexity index is 490. The lowest BCUT2D eigenvalue weighted by Crippen LogP contribution is -2.23. The van der Waals surface area contributed by atoms with Gasteiger partial charge in [0.1, 0.15) is 0 Å². The third-order valence-electron chi connectivity index (χ3n) is 3.58. The van der Waals surface area contributed by atoms with Gasteiger partial charge in [0, 0.05) is 12.2 Å². The van der Waals surface area contributed by atoms with Crippen LogP contribution in [-0.2, 0) is 0 Å². The average Bonchev–Trinajstić information content (AvgIpc) is 2.97. The van der Waals surface area contributed by atoms with E-state index in [1.807, 2.05) is 12.3 Å². The van der Waals surface area contributed by atoms with Gasteiger partial charge in [-0.05, 0) is 31.2 Å². The summed E-state index contributed by atoms with van der Waals surface area (Å²) in [6, 6.07) is 12.9. The highest BCUT2D eigenvalue weighted by Crippen LogP contribution is 2.22. The number of hydrogen-bond acceptors (Lipinski definition) is 2. The van der Waals surface area contributed by atoms with Gasteiger partial charge >= 0.3 is 0 Å². The van der Waals surface area contributed by atoms with Crippen molar-refractivity contribution >= 4 is 0 Å². The Morgan fingerprint density at radius 1 is 1.10 bits per heavy atom. The van der Waals surface area contributed by atoms with E-state index < -0.39 is 0 Å². The van der Waals surface area contributed by atoms with Gasteiger partial charge in [-0.1, -0.05) is 51.3 Å². The van der Waals surface area contributed by atoms with Crippen LogP contribution >= 0.6 is 0 Å². The fourth-order valence-electron chi connectivity index (χ4n) is 2.56. The largest absolute Gasteiger partial charge is 0.309 e. The Morgan fingerprint density at radius 3 is 2.60 bits per heavy atom. The standard InChI is InChI=1S/C17H25N3/c1-3-5-7-12-16(18-4-2)17-13-14-19-20(17)15-10-8-6-9-11-15/h6,8-11,13-14,16,18H,3-5,7,12H2,1-2H3. The van der Waals surface area contributed by atoms with Crippen molar-refractivity contribution in [1.29, 1.82) is 0 Å². The predicted octanol–water partition coefficient (Wildman–Crippen LogP) is 4.10. The van der Waals surface area contributed by atoms with Crippen molar-refractivity contribution in [2.24, 2.45) is 0 Å². The molecule has 0 bridgehead atoms. The van der Waals surface area contributed by atoms with E-state index in [9.17, 15) is 0 Å². The molecule has 1 heterocycles. The van der Waals surface area contributed by atoms with E-state index in [1.54, 1.807) is 0 Å². The van der Waals surface area contributed by atoms with Gasteiger partial charge < -0.3 is 5.32 Å². The molecule has 2 rings (SSSR count). The minimum atomic E-state index is 0.384. The molecular weight excluding hydrogens is 246 g/mol. The summed E-state index contributed by atoms with van der Waals surface area (Å²) in [6.45, 7) is 5.39. The zero-order valence-corrected chi connectivity index (χ0v) is 12.5. The zero-order chi connectivity index (χ0) is 14.2. The highest BCUT2D eigenvalue weighted by molar-refractivity contribution is 5.33. The first-order valence-electron chi connectivity index (χ1n) is 7.69. The topological polar surface area (TPSA) is 29.9 Å². The first kappa shape index (κ1) is 14.8. The van der Waals surface area contributed by atoms with E-state index in [0.29, 0.717) is 6.04 Å². The molecule has 0 aliphatic rings. The van der Waals surface area contributed by atoms with E-state index >= 15 is 0 Å². The van der Waals surface area contributed by atoms with E-state index in [4.69, 9.17) is 0 Å². The molecule has 108 valence electrons. The Morgan fingerprint density at radius 2 is 1.90 bits per heavy atom. The normalized spacial score (nSPS) is 12.5. The van der Waals surface area contributed by atoms with Crippen LogP contribution < -0.4 is 5.32 Å². The summed E-state index contributed by atoms with van der Waals surface area (Å²) in [4.78, 5) is 0. The maximum Gasteiger partial charge on any atom is 0.0649 e. The summed E-state index contributed by atoms with van der Waals surface area (Å²) < 4.78 is 2.05. The number of para-hydroxylation sites is 1. The molecule has 1 N–H and O–H groups in total. The molecule has 0 aliphatic heterocycles. The van der Waals surface area contributed by atoms with E-state index in [-0.39, 0.29) is 0 Å². The number of unbranched alkanes of at least 4 members (excludes halogenated alkanes) is 2. The average molecular weight is 271 g/mol. The molecule has 0 aliphatic carbocycles. The van der Waals surface area contributed by atoms with Crippen LogP contribution in [0.5, 0.6) is 0 Å². The molecule has 1 aromatic heterocycles. The number of rotatable bonds is 8. The van der Waals surface area contributed by atoms with Crippen molar-refractivity contribution in [1.82, 2.24) is 15.1 Å². The first-order chi connectivity index (χ1) is 9.86. The summed E-state index contributed by atoms with van der Waals surface area (Å²) in [5.74, 6) is 0. The molecule has 0 spiro atoms. The third kappa shape index (κ3) is 3.70. The molecule has 2 aromatic rings. The number of benzene rings is 1. The Labute approximate surface area is 122 Å². The maximum atomic E-state index is 4.49. The van der Waals surface area contributed by atoms with Gasteiger partial charge in [0.05, 0.1) is 11.4 Å². The van der Waals surface area contributed by atoms with Crippen LogP contribution in [-0.4, -0.2) is 16.3 Å². The van der Waals surface area contributed by atoms with Gasteiger partial charge in [0.2, 0.25) is 0 Å². The van der Waals surface area contributed by atoms with Gasteiger partial charge in [-0.25, -0.2) is 4.68 Å². The van der Waals surface area contributed by atoms with Crippen molar-refractivity contribution < 1.29 is 0 Å². The minimum Gasteiger partial charge on any atom is -0.309 e. The monoisotopic (exact) mass is 271 g/mol. The maximum absolute atomic E-state index is 4.49. The Balaban J connectivity index is 2.19.